The molecular weight excluding hydrogens is 449 g/mol. The highest BCUT2D eigenvalue weighted by molar-refractivity contribution is 7.99. The molecule has 174 valence electrons. The summed E-state index contributed by atoms with van der Waals surface area (Å²) in [5.41, 5.74) is 11.2. The predicted octanol–water partition coefficient (Wildman–Crippen LogP) is 4.88. The monoisotopic (exact) mass is 473 g/mol. The molecular formula is C21H24F5N5S. The maximum absolute atomic E-state index is 14.0. The number of aryl methyl sites for hydroxylation is 1. The number of anilines is 2. The molecule has 2 fully saturated rings. The van der Waals surface area contributed by atoms with Gasteiger partial charge in [-0.25, -0.2) is 13.8 Å². The zero-order valence-corrected chi connectivity index (χ0v) is 18.2. The molecule has 1 aliphatic carbocycles. The van der Waals surface area contributed by atoms with Gasteiger partial charge in [0.05, 0.1) is 10.9 Å². The van der Waals surface area contributed by atoms with Crippen LogP contribution in [0.25, 0.3) is 0 Å². The number of alkyl halides is 5. The standard InChI is InChI=1S/C21H24F5N5S/c1-12-11-14(31-9-6-19(7-10-31)4-5-20(22,23)18(19)28)30-17(27)15(12)32-13-3-2-8-29-16(13)21(24,25)26/h2-3,8,11,18H,4-7,9-10,28H2,1H3,(H2,27,30). The van der Waals surface area contributed by atoms with Gasteiger partial charge in [-0.05, 0) is 55.4 Å². The Kier molecular flexibility index (Phi) is 5.77. The van der Waals surface area contributed by atoms with E-state index in [-0.39, 0.29) is 17.1 Å². The van der Waals surface area contributed by atoms with Gasteiger partial charge in [-0.1, -0.05) is 11.8 Å². The van der Waals surface area contributed by atoms with Gasteiger partial charge in [0.15, 0.2) is 5.69 Å². The molecule has 2 aromatic rings. The van der Waals surface area contributed by atoms with E-state index in [1.165, 1.54) is 12.1 Å². The predicted molar refractivity (Wildman–Crippen MR) is 113 cm³/mol. The lowest BCUT2D eigenvalue weighted by molar-refractivity contribution is -0.143. The van der Waals surface area contributed by atoms with E-state index < -0.39 is 29.2 Å². The van der Waals surface area contributed by atoms with Crippen LogP contribution >= 0.6 is 11.8 Å². The maximum atomic E-state index is 14.0. The molecule has 0 radical (unpaired) electrons. The normalized spacial score (nSPS) is 22.5. The van der Waals surface area contributed by atoms with E-state index in [1.807, 2.05) is 4.90 Å². The summed E-state index contributed by atoms with van der Waals surface area (Å²) in [6.07, 6.45) is -2.19. The molecule has 1 unspecified atom stereocenters. The number of nitrogens with zero attached hydrogens (tertiary/aromatic N) is 3. The van der Waals surface area contributed by atoms with Crippen molar-refractivity contribution in [2.75, 3.05) is 23.7 Å². The molecule has 11 heteroatoms. The van der Waals surface area contributed by atoms with Crippen molar-refractivity contribution in [1.29, 1.82) is 0 Å². The summed E-state index contributed by atoms with van der Waals surface area (Å²) in [6.45, 7) is 2.79. The fraction of sp³-hybridized carbons (Fsp3) is 0.524. The smallest absolute Gasteiger partial charge is 0.383 e. The topological polar surface area (TPSA) is 81.1 Å². The first-order valence-electron chi connectivity index (χ1n) is 10.3. The van der Waals surface area contributed by atoms with E-state index >= 15 is 0 Å². The number of piperidine rings is 1. The summed E-state index contributed by atoms with van der Waals surface area (Å²) in [5, 5.41) is 0. The van der Waals surface area contributed by atoms with Gasteiger partial charge >= 0.3 is 6.18 Å². The van der Waals surface area contributed by atoms with E-state index in [4.69, 9.17) is 11.5 Å². The zero-order valence-electron chi connectivity index (χ0n) is 17.4. The van der Waals surface area contributed by atoms with Crippen molar-refractivity contribution in [2.45, 2.75) is 60.5 Å². The lowest BCUT2D eigenvalue weighted by atomic mass is 9.74. The van der Waals surface area contributed by atoms with Crippen LogP contribution in [-0.2, 0) is 6.18 Å². The van der Waals surface area contributed by atoms with Crippen LogP contribution in [0.1, 0.15) is 36.9 Å². The molecule has 2 aromatic heterocycles. The molecule has 1 atom stereocenters. The Bertz CT molecular complexity index is 981. The summed E-state index contributed by atoms with van der Waals surface area (Å²) in [4.78, 5) is 10.2. The molecule has 1 saturated carbocycles. The number of nitrogens with two attached hydrogens (primary N) is 2. The molecule has 0 bridgehead atoms. The van der Waals surface area contributed by atoms with Gasteiger partial charge in [0, 0.05) is 30.6 Å². The number of hydrogen-bond acceptors (Lipinski definition) is 6. The van der Waals surface area contributed by atoms with E-state index in [2.05, 4.69) is 9.97 Å². The number of rotatable bonds is 3. The largest absolute Gasteiger partial charge is 0.434 e. The molecule has 0 amide bonds. The number of aromatic nitrogens is 2. The Balaban J connectivity index is 1.53. The van der Waals surface area contributed by atoms with Gasteiger partial charge < -0.3 is 16.4 Å². The molecule has 3 heterocycles. The Labute approximate surface area is 186 Å². The quantitative estimate of drug-likeness (QED) is 0.619. The summed E-state index contributed by atoms with van der Waals surface area (Å²) >= 11 is 0.877. The SMILES string of the molecule is Cc1cc(N2CCC3(CC2)CCC(F)(F)C3N)nc(N)c1Sc1cccnc1C(F)(F)F. The van der Waals surface area contributed by atoms with Crippen LogP contribution in [0.5, 0.6) is 0 Å². The highest BCUT2D eigenvalue weighted by Gasteiger charge is 2.57. The average molecular weight is 474 g/mol. The van der Waals surface area contributed by atoms with Gasteiger partial charge in [0.25, 0.3) is 5.92 Å². The van der Waals surface area contributed by atoms with Crippen molar-refractivity contribution in [3.63, 3.8) is 0 Å². The zero-order chi connectivity index (χ0) is 23.3. The van der Waals surface area contributed by atoms with E-state index in [1.54, 1.807) is 13.0 Å². The second-order valence-corrected chi connectivity index (χ2v) is 9.60. The first-order chi connectivity index (χ1) is 14.9. The number of hydrogen-bond donors (Lipinski definition) is 2. The fourth-order valence-electron chi connectivity index (χ4n) is 4.67. The molecule has 1 aliphatic heterocycles. The lowest BCUT2D eigenvalue weighted by Crippen LogP contribution is -2.52. The van der Waals surface area contributed by atoms with Crippen LogP contribution in [-0.4, -0.2) is 35.0 Å². The van der Waals surface area contributed by atoms with Crippen LogP contribution < -0.4 is 16.4 Å². The molecule has 4 N–H and O–H groups in total. The molecule has 1 spiro atoms. The summed E-state index contributed by atoms with van der Waals surface area (Å²) in [7, 11) is 0. The van der Waals surface area contributed by atoms with E-state index in [0.717, 1.165) is 18.0 Å². The Hall–Kier alpha value is -2.14. The molecule has 1 saturated heterocycles. The summed E-state index contributed by atoms with van der Waals surface area (Å²) < 4.78 is 67.8. The minimum atomic E-state index is -4.58. The Morgan fingerprint density at radius 1 is 1.16 bits per heavy atom. The van der Waals surface area contributed by atoms with Gasteiger partial charge in [0.1, 0.15) is 11.6 Å². The second-order valence-electron chi connectivity index (χ2n) is 8.55. The van der Waals surface area contributed by atoms with E-state index in [0.29, 0.717) is 48.6 Å². The van der Waals surface area contributed by atoms with Crippen molar-refractivity contribution >= 4 is 23.4 Å². The van der Waals surface area contributed by atoms with Gasteiger partial charge in [-0.15, -0.1) is 0 Å². The minimum Gasteiger partial charge on any atom is -0.383 e. The third-order valence-corrected chi connectivity index (χ3v) is 7.86. The first-order valence-corrected chi connectivity index (χ1v) is 11.1. The molecule has 0 aromatic carbocycles. The van der Waals surface area contributed by atoms with Crippen molar-refractivity contribution in [2.24, 2.45) is 11.1 Å². The van der Waals surface area contributed by atoms with Crippen molar-refractivity contribution in [3.05, 3.63) is 35.7 Å². The molecule has 32 heavy (non-hydrogen) atoms. The first kappa shape index (κ1) is 23.0. The molecule has 4 rings (SSSR count). The van der Waals surface area contributed by atoms with Gasteiger partial charge in [-0.3, -0.25) is 4.98 Å². The van der Waals surface area contributed by atoms with Crippen LogP contribution in [0, 0.1) is 12.3 Å². The van der Waals surface area contributed by atoms with Gasteiger partial charge in [0.2, 0.25) is 0 Å². The molecule has 5 nitrogen and oxygen atoms in total. The summed E-state index contributed by atoms with van der Waals surface area (Å²) in [6, 6.07) is 3.41. The maximum Gasteiger partial charge on any atom is 0.434 e. The highest BCUT2D eigenvalue weighted by Crippen LogP contribution is 2.52. The molecule has 2 aliphatic rings. The van der Waals surface area contributed by atoms with Crippen molar-refractivity contribution in [3.8, 4) is 0 Å². The van der Waals surface area contributed by atoms with Crippen LogP contribution in [0.2, 0.25) is 0 Å². The lowest BCUT2D eigenvalue weighted by Gasteiger charge is -2.43. The Morgan fingerprint density at radius 2 is 1.84 bits per heavy atom. The van der Waals surface area contributed by atoms with Gasteiger partial charge in [-0.2, -0.15) is 13.2 Å². The van der Waals surface area contributed by atoms with Crippen molar-refractivity contribution in [1.82, 2.24) is 9.97 Å². The van der Waals surface area contributed by atoms with Crippen molar-refractivity contribution < 1.29 is 22.0 Å². The fourth-order valence-corrected chi connectivity index (χ4v) is 5.68. The van der Waals surface area contributed by atoms with Crippen LogP contribution in [0.3, 0.4) is 0 Å². The third-order valence-electron chi connectivity index (χ3n) is 6.58. The number of pyridine rings is 2. The Morgan fingerprint density at radius 3 is 2.41 bits per heavy atom. The average Bonchev–Trinajstić information content (AvgIpc) is 2.95. The third kappa shape index (κ3) is 4.12. The van der Waals surface area contributed by atoms with Crippen LogP contribution in [0.15, 0.2) is 34.2 Å². The number of halogens is 5. The minimum absolute atomic E-state index is 0.0552. The highest BCUT2D eigenvalue weighted by atomic mass is 32.2. The second kappa shape index (κ2) is 8.02. The van der Waals surface area contributed by atoms with Crippen LogP contribution in [0.4, 0.5) is 33.6 Å². The summed E-state index contributed by atoms with van der Waals surface area (Å²) in [5.74, 6) is -2.13. The number of nitrogen functional groups attached to an aromatic ring is 1. The van der Waals surface area contributed by atoms with E-state index in [9.17, 15) is 22.0 Å².